The minimum Gasteiger partial charge on any atom is -0.454 e. The molecule has 2 aromatic carbocycles. The van der Waals surface area contributed by atoms with Gasteiger partial charge in [0.2, 0.25) is 5.01 Å². The van der Waals surface area contributed by atoms with Crippen LogP contribution in [0.1, 0.15) is 15.5 Å². The molecule has 0 spiro atoms. The number of aromatic nitrogens is 2. The summed E-state index contributed by atoms with van der Waals surface area (Å²) in [6.07, 6.45) is 0. The number of esters is 1. The normalized spacial score (nSPS) is 10.9. The van der Waals surface area contributed by atoms with Crippen molar-refractivity contribution in [1.82, 2.24) is 10.1 Å². The second kappa shape index (κ2) is 6.66. The number of hydrogen-bond donors (Lipinski definition) is 0. The molecule has 0 aliphatic rings. The van der Waals surface area contributed by atoms with E-state index in [9.17, 15) is 4.79 Å². The molecule has 0 N–H and O–H groups in total. The topological polar surface area (TPSA) is 65.2 Å². The highest BCUT2D eigenvalue weighted by molar-refractivity contribution is 7.20. The van der Waals surface area contributed by atoms with Crippen LogP contribution in [-0.4, -0.2) is 16.1 Å². The lowest BCUT2D eigenvalue weighted by Crippen LogP contribution is -2.04. The smallest absolute Gasteiger partial charge is 0.367 e. The fourth-order valence-corrected chi connectivity index (χ4v) is 3.28. The molecule has 4 rings (SSSR count). The van der Waals surface area contributed by atoms with Crippen LogP contribution in [0.3, 0.4) is 0 Å². The minimum absolute atomic E-state index is 0.0197. The second-order valence-electron chi connectivity index (χ2n) is 5.25. The Labute approximate surface area is 151 Å². The van der Waals surface area contributed by atoms with Crippen molar-refractivity contribution in [2.24, 2.45) is 0 Å². The Morgan fingerprint density at radius 3 is 2.76 bits per heavy atom. The fraction of sp³-hybridized carbons (Fsp3) is 0.0556. The van der Waals surface area contributed by atoms with Crippen molar-refractivity contribution in [3.05, 3.63) is 70.3 Å². The molecule has 2 heterocycles. The lowest BCUT2D eigenvalue weighted by atomic mass is 10.2. The number of nitrogens with zero attached hydrogens (tertiary/aromatic N) is 2. The van der Waals surface area contributed by atoms with Gasteiger partial charge in [0.15, 0.2) is 5.76 Å². The largest absolute Gasteiger partial charge is 0.454 e. The molecule has 2 aromatic heterocycles. The van der Waals surface area contributed by atoms with E-state index in [1.54, 1.807) is 18.2 Å². The first-order chi connectivity index (χ1) is 12.2. The molecule has 5 nitrogen and oxygen atoms in total. The van der Waals surface area contributed by atoms with Crippen molar-refractivity contribution >= 4 is 39.1 Å². The van der Waals surface area contributed by atoms with Gasteiger partial charge in [-0.1, -0.05) is 28.9 Å². The maximum absolute atomic E-state index is 12.2. The molecule has 0 amide bonds. The molecule has 4 aromatic rings. The molecule has 0 saturated heterocycles. The van der Waals surface area contributed by atoms with Gasteiger partial charge < -0.3 is 9.26 Å². The van der Waals surface area contributed by atoms with E-state index in [1.165, 1.54) is 11.3 Å². The van der Waals surface area contributed by atoms with Gasteiger partial charge in [-0.15, -0.1) is 11.3 Å². The maximum Gasteiger partial charge on any atom is 0.367 e. The zero-order valence-electron chi connectivity index (χ0n) is 12.8. The molecule has 0 fully saturated rings. The van der Waals surface area contributed by atoms with Gasteiger partial charge in [0.25, 0.3) is 0 Å². The van der Waals surface area contributed by atoms with E-state index in [0.29, 0.717) is 21.5 Å². The molecule has 124 valence electrons. The van der Waals surface area contributed by atoms with Crippen LogP contribution < -0.4 is 0 Å². The van der Waals surface area contributed by atoms with E-state index >= 15 is 0 Å². The molecule has 0 unspecified atom stereocenters. The summed E-state index contributed by atoms with van der Waals surface area (Å²) < 4.78 is 11.5. The Bertz CT molecular complexity index is 1010. The maximum atomic E-state index is 12.2. The number of ether oxygens (including phenoxy) is 1. The summed E-state index contributed by atoms with van der Waals surface area (Å²) in [5.74, 6) is 0.111. The zero-order chi connectivity index (χ0) is 17.2. The number of fused-ring (bicyclic) bond motifs is 1. The third-order valence-corrected chi connectivity index (χ3v) is 4.78. The molecular weight excluding hydrogens is 360 g/mol. The first-order valence-corrected chi connectivity index (χ1v) is 8.63. The second-order valence-corrected chi connectivity index (χ2v) is 6.72. The van der Waals surface area contributed by atoms with E-state index < -0.39 is 5.97 Å². The Balaban J connectivity index is 1.44. The van der Waals surface area contributed by atoms with Gasteiger partial charge in [-0.25, -0.2) is 9.78 Å². The minimum atomic E-state index is -0.475. The van der Waals surface area contributed by atoms with Crippen LogP contribution in [0.15, 0.2) is 59.1 Å². The van der Waals surface area contributed by atoms with Gasteiger partial charge in [-0.3, -0.25) is 0 Å². The van der Waals surface area contributed by atoms with E-state index in [4.69, 9.17) is 20.9 Å². The Kier molecular flexibility index (Phi) is 4.21. The summed E-state index contributed by atoms with van der Waals surface area (Å²) in [6, 6.07) is 16.5. The Morgan fingerprint density at radius 2 is 1.96 bits per heavy atom. The lowest BCUT2D eigenvalue weighted by molar-refractivity contribution is 0.0464. The van der Waals surface area contributed by atoms with Crippen molar-refractivity contribution < 1.29 is 14.1 Å². The van der Waals surface area contributed by atoms with Crippen LogP contribution in [0.25, 0.3) is 21.5 Å². The van der Waals surface area contributed by atoms with Crippen LogP contribution in [0.5, 0.6) is 0 Å². The number of rotatable bonds is 4. The van der Waals surface area contributed by atoms with Crippen LogP contribution in [-0.2, 0) is 11.3 Å². The standard InChI is InChI=1S/C18H11ClN2O3S/c19-12-7-5-11(6-8-12)15-9-13(21-24-15)10-23-18(22)17-20-14-3-1-2-4-16(14)25-17/h1-9H,10H2. The number of hydrogen-bond acceptors (Lipinski definition) is 6. The van der Waals surface area contributed by atoms with Gasteiger partial charge in [0.05, 0.1) is 10.2 Å². The zero-order valence-corrected chi connectivity index (χ0v) is 14.4. The molecule has 0 aliphatic carbocycles. The van der Waals surface area contributed by atoms with Crippen molar-refractivity contribution in [3.63, 3.8) is 0 Å². The van der Waals surface area contributed by atoms with Crippen LogP contribution in [0, 0.1) is 0 Å². The number of carbonyl (C=O) groups is 1. The van der Waals surface area contributed by atoms with Crippen molar-refractivity contribution in [2.75, 3.05) is 0 Å². The highest BCUT2D eigenvalue weighted by Gasteiger charge is 2.15. The van der Waals surface area contributed by atoms with Gasteiger partial charge >= 0.3 is 5.97 Å². The first kappa shape index (κ1) is 15.8. The van der Waals surface area contributed by atoms with Crippen LogP contribution in [0.4, 0.5) is 0 Å². The molecule has 0 atom stereocenters. The lowest BCUT2D eigenvalue weighted by Gasteiger charge is -1.98. The monoisotopic (exact) mass is 370 g/mol. The van der Waals surface area contributed by atoms with Gasteiger partial charge in [-0.05, 0) is 36.4 Å². The predicted octanol–water partition coefficient (Wildman–Crippen LogP) is 4.96. The van der Waals surface area contributed by atoms with Gasteiger partial charge in [0, 0.05) is 16.7 Å². The number of para-hydroxylation sites is 1. The number of thiazole rings is 1. The summed E-state index contributed by atoms with van der Waals surface area (Å²) in [5.41, 5.74) is 2.16. The Hall–Kier alpha value is -2.70. The van der Waals surface area contributed by atoms with E-state index in [2.05, 4.69) is 10.1 Å². The van der Waals surface area contributed by atoms with E-state index in [0.717, 1.165) is 15.8 Å². The summed E-state index contributed by atoms with van der Waals surface area (Å²) in [7, 11) is 0. The fourth-order valence-electron chi connectivity index (χ4n) is 2.29. The average molecular weight is 371 g/mol. The van der Waals surface area contributed by atoms with Gasteiger partial charge in [-0.2, -0.15) is 0 Å². The number of halogens is 1. The van der Waals surface area contributed by atoms with E-state index in [-0.39, 0.29) is 6.61 Å². The molecule has 0 saturated carbocycles. The third kappa shape index (κ3) is 3.40. The number of benzene rings is 2. The molecule has 0 aliphatic heterocycles. The van der Waals surface area contributed by atoms with Crippen molar-refractivity contribution in [2.45, 2.75) is 6.61 Å². The third-order valence-electron chi connectivity index (χ3n) is 3.51. The predicted molar refractivity (Wildman–Crippen MR) is 95.7 cm³/mol. The average Bonchev–Trinajstić information content (AvgIpc) is 3.27. The highest BCUT2D eigenvalue weighted by atomic mass is 35.5. The van der Waals surface area contributed by atoms with Crippen molar-refractivity contribution in [1.29, 1.82) is 0 Å². The summed E-state index contributed by atoms with van der Waals surface area (Å²) >= 11 is 7.17. The molecular formula is C18H11ClN2O3S. The van der Waals surface area contributed by atoms with E-state index in [1.807, 2.05) is 36.4 Å². The molecule has 0 radical (unpaired) electrons. The summed E-state index contributed by atoms with van der Waals surface area (Å²) in [5, 5.41) is 4.89. The Morgan fingerprint density at radius 1 is 1.16 bits per heavy atom. The van der Waals surface area contributed by atoms with Crippen LogP contribution in [0.2, 0.25) is 5.02 Å². The summed E-state index contributed by atoms with van der Waals surface area (Å²) in [4.78, 5) is 16.4. The molecule has 0 bridgehead atoms. The molecule has 7 heteroatoms. The number of carbonyl (C=O) groups excluding carboxylic acids is 1. The SMILES string of the molecule is O=C(OCc1cc(-c2ccc(Cl)cc2)on1)c1nc2ccccc2s1. The highest BCUT2D eigenvalue weighted by Crippen LogP contribution is 2.24. The summed E-state index contributed by atoms with van der Waals surface area (Å²) in [6.45, 7) is 0.0197. The first-order valence-electron chi connectivity index (χ1n) is 7.43. The quantitative estimate of drug-likeness (QED) is 0.475. The molecule has 25 heavy (non-hydrogen) atoms. The van der Waals surface area contributed by atoms with Crippen molar-refractivity contribution in [3.8, 4) is 11.3 Å². The van der Waals surface area contributed by atoms with Crippen LogP contribution >= 0.6 is 22.9 Å². The van der Waals surface area contributed by atoms with Gasteiger partial charge in [0.1, 0.15) is 12.3 Å².